The van der Waals surface area contributed by atoms with Crippen molar-refractivity contribution in [2.24, 2.45) is 5.92 Å². The molecular formula is C23H33N3O4S. The maximum atomic E-state index is 13.3. The zero-order valence-electron chi connectivity index (χ0n) is 18.4. The van der Waals surface area contributed by atoms with Crippen LogP contribution < -0.4 is 4.90 Å². The summed E-state index contributed by atoms with van der Waals surface area (Å²) in [6.07, 6.45) is 7.28. The van der Waals surface area contributed by atoms with Crippen molar-refractivity contribution in [2.45, 2.75) is 63.2 Å². The fraction of sp³-hybridized carbons (Fsp3) is 0.652. The summed E-state index contributed by atoms with van der Waals surface area (Å²) < 4.78 is 28.0. The van der Waals surface area contributed by atoms with Crippen molar-refractivity contribution >= 4 is 27.5 Å². The number of carbonyl (C=O) groups excluding carboxylic acids is 2. The highest BCUT2D eigenvalue weighted by Crippen LogP contribution is 2.32. The van der Waals surface area contributed by atoms with Gasteiger partial charge in [-0.1, -0.05) is 12.8 Å². The standard InChI is InChI=1S/C23H33N3O4S/c1-18(27)26-14-6-7-20-17-21(8-9-22(20)26)31(29,30)25-15-10-19(11-16-25)23(28)24-12-4-2-3-5-13-24/h8-9,17,19H,2-7,10-16H2,1H3. The van der Waals surface area contributed by atoms with Crippen LogP contribution in [-0.4, -0.2) is 62.2 Å². The summed E-state index contributed by atoms with van der Waals surface area (Å²) in [5, 5.41) is 0. The number of benzene rings is 1. The zero-order chi connectivity index (χ0) is 22.0. The van der Waals surface area contributed by atoms with Gasteiger partial charge in [0.25, 0.3) is 0 Å². The number of nitrogens with zero attached hydrogens (tertiary/aromatic N) is 3. The first-order chi connectivity index (χ1) is 14.9. The van der Waals surface area contributed by atoms with E-state index in [0.717, 1.165) is 50.0 Å². The molecule has 0 unspecified atom stereocenters. The van der Waals surface area contributed by atoms with Crippen molar-refractivity contribution in [3.05, 3.63) is 23.8 Å². The van der Waals surface area contributed by atoms with Crippen LogP contribution in [0.15, 0.2) is 23.1 Å². The van der Waals surface area contributed by atoms with E-state index < -0.39 is 10.0 Å². The number of carbonyl (C=O) groups is 2. The van der Waals surface area contributed by atoms with Crippen molar-refractivity contribution < 1.29 is 18.0 Å². The summed E-state index contributed by atoms with van der Waals surface area (Å²) in [6.45, 7) is 4.64. The third kappa shape index (κ3) is 4.65. The Morgan fingerprint density at radius 3 is 2.23 bits per heavy atom. The van der Waals surface area contributed by atoms with Crippen molar-refractivity contribution in [1.82, 2.24) is 9.21 Å². The molecule has 0 atom stereocenters. The van der Waals surface area contributed by atoms with E-state index in [9.17, 15) is 18.0 Å². The van der Waals surface area contributed by atoms with Gasteiger partial charge in [0, 0.05) is 51.3 Å². The van der Waals surface area contributed by atoms with E-state index in [1.54, 1.807) is 23.1 Å². The zero-order valence-corrected chi connectivity index (χ0v) is 19.2. The highest BCUT2D eigenvalue weighted by molar-refractivity contribution is 7.89. The smallest absolute Gasteiger partial charge is 0.243 e. The van der Waals surface area contributed by atoms with Crippen LogP contribution in [0.4, 0.5) is 5.69 Å². The highest BCUT2D eigenvalue weighted by Gasteiger charge is 2.34. The Balaban J connectivity index is 1.43. The number of sulfonamides is 1. The Morgan fingerprint density at radius 1 is 0.903 bits per heavy atom. The Hall–Kier alpha value is -1.93. The lowest BCUT2D eigenvalue weighted by Gasteiger charge is -2.34. The van der Waals surface area contributed by atoms with Crippen LogP contribution in [-0.2, 0) is 26.0 Å². The van der Waals surface area contributed by atoms with Gasteiger partial charge in [-0.05, 0) is 62.3 Å². The molecule has 3 aliphatic rings. The molecule has 0 saturated carbocycles. The Morgan fingerprint density at radius 2 is 1.58 bits per heavy atom. The summed E-state index contributed by atoms with van der Waals surface area (Å²) in [4.78, 5) is 28.8. The molecule has 31 heavy (non-hydrogen) atoms. The maximum Gasteiger partial charge on any atom is 0.243 e. The number of fused-ring (bicyclic) bond motifs is 1. The Kier molecular flexibility index (Phi) is 6.67. The maximum absolute atomic E-state index is 13.3. The van der Waals surface area contributed by atoms with E-state index in [2.05, 4.69) is 0 Å². The SMILES string of the molecule is CC(=O)N1CCCc2cc(S(=O)(=O)N3CCC(C(=O)N4CCCCCC4)CC3)ccc21. The Labute approximate surface area is 185 Å². The van der Waals surface area contributed by atoms with Crippen LogP contribution in [0.2, 0.25) is 0 Å². The molecular weight excluding hydrogens is 414 g/mol. The van der Waals surface area contributed by atoms with Gasteiger partial charge in [0.2, 0.25) is 21.8 Å². The van der Waals surface area contributed by atoms with E-state index >= 15 is 0 Å². The number of likely N-dealkylation sites (tertiary alicyclic amines) is 1. The fourth-order valence-corrected chi connectivity index (χ4v) is 6.62. The first-order valence-electron chi connectivity index (χ1n) is 11.6. The summed E-state index contributed by atoms with van der Waals surface area (Å²) in [6, 6.07) is 5.11. The average molecular weight is 448 g/mol. The summed E-state index contributed by atoms with van der Waals surface area (Å²) in [5.74, 6) is 0.113. The van der Waals surface area contributed by atoms with Crippen LogP contribution in [0, 0.1) is 5.92 Å². The van der Waals surface area contributed by atoms with E-state index in [4.69, 9.17) is 0 Å². The molecule has 0 aliphatic carbocycles. The summed E-state index contributed by atoms with van der Waals surface area (Å²) in [7, 11) is -3.61. The van der Waals surface area contributed by atoms with Gasteiger partial charge >= 0.3 is 0 Å². The fourth-order valence-electron chi connectivity index (χ4n) is 5.10. The van der Waals surface area contributed by atoms with Crippen LogP contribution in [0.5, 0.6) is 0 Å². The molecule has 2 amide bonds. The predicted octanol–water partition coefficient (Wildman–Crippen LogP) is 2.79. The molecule has 3 heterocycles. The number of rotatable bonds is 3. The second-order valence-electron chi connectivity index (χ2n) is 8.98. The van der Waals surface area contributed by atoms with Crippen LogP contribution >= 0.6 is 0 Å². The summed E-state index contributed by atoms with van der Waals surface area (Å²) in [5.41, 5.74) is 1.73. The number of aryl methyl sites for hydroxylation is 1. The second kappa shape index (κ2) is 9.28. The third-order valence-electron chi connectivity index (χ3n) is 6.91. The largest absolute Gasteiger partial charge is 0.342 e. The predicted molar refractivity (Wildman–Crippen MR) is 119 cm³/mol. The summed E-state index contributed by atoms with van der Waals surface area (Å²) >= 11 is 0. The molecule has 1 aromatic carbocycles. The molecule has 170 valence electrons. The van der Waals surface area contributed by atoms with Crippen molar-refractivity contribution in [3.63, 3.8) is 0 Å². The third-order valence-corrected chi connectivity index (χ3v) is 8.80. The van der Waals surface area contributed by atoms with Crippen molar-refractivity contribution in [3.8, 4) is 0 Å². The molecule has 0 N–H and O–H groups in total. The lowest BCUT2D eigenvalue weighted by atomic mass is 9.96. The molecule has 0 bridgehead atoms. The first-order valence-corrected chi connectivity index (χ1v) is 13.0. The van der Waals surface area contributed by atoms with E-state index in [1.165, 1.54) is 24.1 Å². The normalized spacial score (nSPS) is 21.5. The number of piperidine rings is 1. The number of amides is 2. The molecule has 2 fully saturated rings. The molecule has 1 aromatic rings. The second-order valence-corrected chi connectivity index (χ2v) is 10.9. The molecule has 4 rings (SSSR count). The first kappa shape index (κ1) is 22.3. The van der Waals surface area contributed by atoms with Crippen molar-refractivity contribution in [1.29, 1.82) is 0 Å². The number of hydrogen-bond donors (Lipinski definition) is 0. The van der Waals surface area contributed by atoms with Gasteiger partial charge in [-0.15, -0.1) is 0 Å². The number of anilines is 1. The molecule has 8 heteroatoms. The van der Waals surface area contributed by atoms with Gasteiger partial charge in [0.15, 0.2) is 0 Å². The van der Waals surface area contributed by atoms with Gasteiger partial charge in [0.1, 0.15) is 0 Å². The molecule has 2 saturated heterocycles. The van der Waals surface area contributed by atoms with E-state index in [0.29, 0.717) is 32.5 Å². The van der Waals surface area contributed by atoms with Crippen LogP contribution in [0.3, 0.4) is 0 Å². The van der Waals surface area contributed by atoms with Crippen LogP contribution in [0.1, 0.15) is 57.4 Å². The monoisotopic (exact) mass is 447 g/mol. The molecule has 0 aromatic heterocycles. The number of hydrogen-bond acceptors (Lipinski definition) is 4. The minimum Gasteiger partial charge on any atom is -0.342 e. The van der Waals surface area contributed by atoms with Gasteiger partial charge in [-0.2, -0.15) is 4.31 Å². The topological polar surface area (TPSA) is 78.0 Å². The average Bonchev–Trinajstić information content (AvgIpc) is 3.07. The van der Waals surface area contributed by atoms with Crippen LogP contribution in [0.25, 0.3) is 0 Å². The van der Waals surface area contributed by atoms with Crippen molar-refractivity contribution in [2.75, 3.05) is 37.6 Å². The minimum atomic E-state index is -3.61. The van der Waals surface area contributed by atoms with E-state index in [1.807, 2.05) is 4.90 Å². The minimum absolute atomic E-state index is 0.0206. The molecule has 0 radical (unpaired) electrons. The molecule has 0 spiro atoms. The van der Waals surface area contributed by atoms with Gasteiger partial charge in [-0.3, -0.25) is 9.59 Å². The lowest BCUT2D eigenvalue weighted by molar-refractivity contribution is -0.136. The molecule has 7 nitrogen and oxygen atoms in total. The Bertz CT molecular complexity index is 930. The van der Waals surface area contributed by atoms with Gasteiger partial charge < -0.3 is 9.80 Å². The van der Waals surface area contributed by atoms with Gasteiger partial charge in [-0.25, -0.2) is 8.42 Å². The molecule has 3 aliphatic heterocycles. The van der Waals surface area contributed by atoms with E-state index in [-0.39, 0.29) is 22.6 Å². The van der Waals surface area contributed by atoms with Gasteiger partial charge in [0.05, 0.1) is 4.90 Å². The highest BCUT2D eigenvalue weighted by atomic mass is 32.2. The lowest BCUT2D eigenvalue weighted by Crippen LogP contribution is -2.44. The quantitative estimate of drug-likeness (QED) is 0.714.